The van der Waals surface area contributed by atoms with E-state index >= 15 is 0 Å². The topological polar surface area (TPSA) is 107 Å². The average Bonchev–Trinajstić information content (AvgIpc) is 3.48. The second-order valence-electron chi connectivity index (χ2n) is 8.12. The van der Waals surface area contributed by atoms with Crippen LogP contribution < -0.4 is 5.32 Å². The molecule has 9 nitrogen and oxygen atoms in total. The van der Waals surface area contributed by atoms with Crippen molar-refractivity contribution in [3.63, 3.8) is 0 Å². The summed E-state index contributed by atoms with van der Waals surface area (Å²) in [4.78, 5) is 36.2. The Labute approximate surface area is 183 Å². The number of imidazole rings is 1. The molecule has 10 heteroatoms. The van der Waals surface area contributed by atoms with Crippen LogP contribution in [0.1, 0.15) is 53.4 Å². The minimum atomic E-state index is -0.183. The van der Waals surface area contributed by atoms with Gasteiger partial charge in [-0.3, -0.25) is 10.1 Å². The van der Waals surface area contributed by atoms with Gasteiger partial charge in [0.1, 0.15) is 5.01 Å². The van der Waals surface area contributed by atoms with Gasteiger partial charge < -0.3 is 14.8 Å². The molecule has 0 radical (unpaired) electrons. The van der Waals surface area contributed by atoms with Gasteiger partial charge in [0.05, 0.1) is 17.4 Å². The first-order valence-electron chi connectivity index (χ1n) is 10.8. The Balaban J connectivity index is 1.15. The number of hydrogen-bond acceptors (Lipinski definition) is 6. The molecule has 1 aliphatic heterocycles. The maximum absolute atomic E-state index is 12.8. The van der Waals surface area contributed by atoms with Crippen LogP contribution in [0.25, 0.3) is 11.0 Å². The number of nitrogens with zero attached hydrogens (tertiary/aromatic N) is 5. The standard InChI is InChI=1S/C21H25N7O2S/c29-19(15-6-7-16-17(12-15)23-13-22-16)27-8-10-28(11-9-27)21(30)24-20-26-25-18(31-20)14-4-2-1-3-5-14/h6-7,12-14H,1-5,8-11H2,(H,22,23)(H,24,26,30). The molecule has 2 aromatic heterocycles. The zero-order valence-electron chi connectivity index (χ0n) is 17.2. The molecule has 0 spiro atoms. The number of urea groups is 1. The van der Waals surface area contributed by atoms with E-state index < -0.39 is 0 Å². The largest absolute Gasteiger partial charge is 0.345 e. The van der Waals surface area contributed by atoms with Crippen LogP contribution in [0.3, 0.4) is 0 Å². The Hall–Kier alpha value is -3.01. The zero-order chi connectivity index (χ0) is 21.2. The summed E-state index contributed by atoms with van der Waals surface area (Å²) in [5.41, 5.74) is 2.30. The van der Waals surface area contributed by atoms with Crippen molar-refractivity contribution < 1.29 is 9.59 Å². The van der Waals surface area contributed by atoms with Gasteiger partial charge in [0.2, 0.25) is 5.13 Å². The Morgan fingerprint density at radius 2 is 1.81 bits per heavy atom. The second-order valence-corrected chi connectivity index (χ2v) is 9.13. The number of benzene rings is 1. The number of fused-ring (bicyclic) bond motifs is 1. The molecule has 3 amide bonds. The molecule has 2 aliphatic rings. The third-order valence-electron chi connectivity index (χ3n) is 6.13. The lowest BCUT2D eigenvalue weighted by Gasteiger charge is -2.34. The highest BCUT2D eigenvalue weighted by Gasteiger charge is 2.26. The molecule has 3 heterocycles. The molecule has 2 N–H and O–H groups in total. The Bertz CT molecular complexity index is 1080. The molecule has 1 aliphatic carbocycles. The van der Waals surface area contributed by atoms with E-state index in [1.165, 1.54) is 30.6 Å². The average molecular weight is 440 g/mol. The van der Waals surface area contributed by atoms with Gasteiger partial charge in [0.25, 0.3) is 5.91 Å². The van der Waals surface area contributed by atoms with Crippen molar-refractivity contribution >= 4 is 39.4 Å². The molecule has 162 valence electrons. The van der Waals surface area contributed by atoms with E-state index in [1.807, 2.05) is 12.1 Å². The van der Waals surface area contributed by atoms with Crippen molar-refractivity contribution in [2.75, 3.05) is 31.5 Å². The van der Waals surface area contributed by atoms with Gasteiger partial charge in [-0.25, -0.2) is 9.78 Å². The fourth-order valence-electron chi connectivity index (χ4n) is 4.33. The molecule has 31 heavy (non-hydrogen) atoms. The summed E-state index contributed by atoms with van der Waals surface area (Å²) in [6.45, 7) is 1.96. The van der Waals surface area contributed by atoms with E-state index in [0.717, 1.165) is 28.9 Å². The smallest absolute Gasteiger partial charge is 0.323 e. The summed E-state index contributed by atoms with van der Waals surface area (Å²) in [7, 11) is 0. The fraction of sp³-hybridized carbons (Fsp3) is 0.476. The van der Waals surface area contributed by atoms with E-state index in [9.17, 15) is 9.59 Å². The third-order valence-corrected chi connectivity index (χ3v) is 7.13. The number of aromatic nitrogens is 4. The first-order chi connectivity index (χ1) is 15.2. The monoisotopic (exact) mass is 439 g/mol. The summed E-state index contributed by atoms with van der Waals surface area (Å²) in [5, 5.41) is 12.9. The molecule has 1 aromatic carbocycles. The van der Waals surface area contributed by atoms with Crippen LogP contribution in [0, 0.1) is 0 Å². The number of anilines is 1. The number of hydrogen-bond donors (Lipinski definition) is 2. The predicted octanol–water partition coefficient (Wildman–Crippen LogP) is 3.45. The quantitative estimate of drug-likeness (QED) is 0.650. The molecular weight excluding hydrogens is 414 g/mol. The molecule has 1 saturated heterocycles. The number of H-pyrrole nitrogens is 1. The van der Waals surface area contributed by atoms with Crippen LogP contribution in [0.5, 0.6) is 0 Å². The molecular formula is C21H25N7O2S. The summed E-state index contributed by atoms with van der Waals surface area (Å²) in [6, 6.07) is 5.27. The van der Waals surface area contributed by atoms with Crippen molar-refractivity contribution in [2.24, 2.45) is 0 Å². The number of amides is 3. The first-order valence-corrected chi connectivity index (χ1v) is 11.6. The molecule has 5 rings (SSSR count). The number of piperazine rings is 1. The zero-order valence-corrected chi connectivity index (χ0v) is 18.0. The van der Waals surface area contributed by atoms with E-state index in [-0.39, 0.29) is 11.9 Å². The minimum absolute atomic E-state index is 0.0298. The van der Waals surface area contributed by atoms with E-state index in [1.54, 1.807) is 22.2 Å². The SMILES string of the molecule is O=C(Nc1nnc(C2CCCCC2)s1)N1CCN(C(=O)c2ccc3nc[nH]c3c2)CC1. The van der Waals surface area contributed by atoms with Crippen LogP contribution in [-0.4, -0.2) is 68.1 Å². The van der Waals surface area contributed by atoms with Gasteiger partial charge in [0, 0.05) is 37.7 Å². The molecule has 0 bridgehead atoms. The predicted molar refractivity (Wildman–Crippen MR) is 118 cm³/mol. The third kappa shape index (κ3) is 4.25. The summed E-state index contributed by atoms with van der Waals surface area (Å²) in [5.74, 6) is 0.449. The van der Waals surface area contributed by atoms with Crippen molar-refractivity contribution in [2.45, 2.75) is 38.0 Å². The van der Waals surface area contributed by atoms with Crippen molar-refractivity contribution in [3.8, 4) is 0 Å². The Morgan fingerprint density at radius 3 is 2.61 bits per heavy atom. The van der Waals surface area contributed by atoms with Gasteiger partial charge in [-0.15, -0.1) is 10.2 Å². The van der Waals surface area contributed by atoms with Gasteiger partial charge in [-0.1, -0.05) is 30.6 Å². The fourth-order valence-corrected chi connectivity index (χ4v) is 5.24. The number of rotatable bonds is 3. The maximum Gasteiger partial charge on any atom is 0.323 e. The van der Waals surface area contributed by atoms with E-state index in [0.29, 0.717) is 42.8 Å². The van der Waals surface area contributed by atoms with Crippen LogP contribution in [0.2, 0.25) is 0 Å². The van der Waals surface area contributed by atoms with E-state index in [2.05, 4.69) is 25.5 Å². The highest BCUT2D eigenvalue weighted by Crippen LogP contribution is 2.35. The Kier molecular flexibility index (Phi) is 5.54. The number of nitrogens with one attached hydrogen (secondary N) is 2. The molecule has 1 saturated carbocycles. The lowest BCUT2D eigenvalue weighted by atomic mass is 9.90. The summed E-state index contributed by atoms with van der Waals surface area (Å²) < 4.78 is 0. The van der Waals surface area contributed by atoms with Crippen LogP contribution >= 0.6 is 11.3 Å². The van der Waals surface area contributed by atoms with Crippen molar-refractivity contribution in [3.05, 3.63) is 35.1 Å². The van der Waals surface area contributed by atoms with Crippen LogP contribution in [0.4, 0.5) is 9.93 Å². The first kappa shape index (κ1) is 19.9. The lowest BCUT2D eigenvalue weighted by molar-refractivity contribution is 0.0672. The van der Waals surface area contributed by atoms with Crippen LogP contribution in [0.15, 0.2) is 24.5 Å². The van der Waals surface area contributed by atoms with Crippen molar-refractivity contribution in [1.82, 2.24) is 30.0 Å². The van der Waals surface area contributed by atoms with Gasteiger partial charge in [0.15, 0.2) is 0 Å². The molecule has 0 unspecified atom stereocenters. The number of carbonyl (C=O) groups excluding carboxylic acids is 2. The van der Waals surface area contributed by atoms with Gasteiger partial charge in [-0.05, 0) is 31.0 Å². The van der Waals surface area contributed by atoms with Crippen molar-refractivity contribution in [1.29, 1.82) is 0 Å². The highest BCUT2D eigenvalue weighted by atomic mass is 32.1. The van der Waals surface area contributed by atoms with Gasteiger partial charge >= 0.3 is 6.03 Å². The number of aromatic amines is 1. The van der Waals surface area contributed by atoms with Crippen LogP contribution in [-0.2, 0) is 0 Å². The Morgan fingerprint density at radius 1 is 1.03 bits per heavy atom. The van der Waals surface area contributed by atoms with Gasteiger partial charge in [-0.2, -0.15) is 0 Å². The molecule has 2 fully saturated rings. The minimum Gasteiger partial charge on any atom is -0.345 e. The normalized spacial score (nSPS) is 17.8. The molecule has 0 atom stereocenters. The summed E-state index contributed by atoms with van der Waals surface area (Å²) in [6.07, 6.45) is 7.71. The molecule has 3 aromatic rings. The summed E-state index contributed by atoms with van der Waals surface area (Å²) >= 11 is 1.48. The maximum atomic E-state index is 12.8. The second kappa shape index (κ2) is 8.62. The lowest BCUT2D eigenvalue weighted by Crippen LogP contribution is -2.51. The van der Waals surface area contributed by atoms with E-state index in [4.69, 9.17) is 0 Å². The number of carbonyl (C=O) groups is 2. The highest BCUT2D eigenvalue weighted by molar-refractivity contribution is 7.15.